The molecule has 0 fully saturated rings. The van der Waals surface area contributed by atoms with Gasteiger partial charge in [0.1, 0.15) is 12.1 Å². The number of carboxylic acids is 3. The minimum atomic E-state index is -1.25. The molecule has 0 heterocycles. The smallest absolute Gasteiger partial charge is 0.321 e. The summed E-state index contributed by atoms with van der Waals surface area (Å²) >= 11 is 0. The summed E-state index contributed by atoms with van der Waals surface area (Å²) in [5.74, 6) is -3.60. The third kappa shape index (κ3) is 7.54. The molecule has 0 aliphatic carbocycles. The molecule has 0 spiro atoms. The summed E-state index contributed by atoms with van der Waals surface area (Å²) in [6.07, 6.45) is -0.524. The van der Waals surface area contributed by atoms with Gasteiger partial charge in [-0.3, -0.25) is 14.4 Å². The highest BCUT2D eigenvalue weighted by Gasteiger charge is 2.19. The molecule has 9 heteroatoms. The summed E-state index contributed by atoms with van der Waals surface area (Å²) in [6, 6.07) is -2.20. The number of nitrogens with two attached hydrogens (primary N) is 1. The number of hydrogen-bond donors (Lipinski definition) is 6. The van der Waals surface area contributed by atoms with Crippen molar-refractivity contribution in [3.05, 3.63) is 0 Å². The van der Waals surface area contributed by atoms with Crippen molar-refractivity contribution in [2.45, 2.75) is 18.5 Å². The van der Waals surface area contributed by atoms with Crippen LogP contribution < -0.4 is 16.4 Å². The highest BCUT2D eigenvalue weighted by atomic mass is 16.4. The van der Waals surface area contributed by atoms with Crippen molar-refractivity contribution < 1.29 is 29.7 Å². The van der Waals surface area contributed by atoms with Crippen molar-refractivity contribution in [3.8, 4) is 0 Å². The molecule has 0 saturated carbocycles. The lowest BCUT2D eigenvalue weighted by molar-refractivity contribution is -0.145. The fraction of sp³-hybridized carbons (Fsp3) is 0.667. The van der Waals surface area contributed by atoms with Gasteiger partial charge in [-0.05, 0) is 0 Å². The molecule has 7 N–H and O–H groups in total. The Balaban J connectivity index is 3.77. The molecule has 1 unspecified atom stereocenters. The first kappa shape index (κ1) is 16.3. The van der Waals surface area contributed by atoms with Gasteiger partial charge < -0.3 is 31.7 Å². The average molecular weight is 263 g/mol. The summed E-state index contributed by atoms with van der Waals surface area (Å²) in [4.78, 5) is 31.4. The van der Waals surface area contributed by atoms with Crippen LogP contribution in [0.25, 0.3) is 0 Å². The quantitative estimate of drug-likeness (QED) is 0.234. The molecule has 0 bridgehead atoms. The Bertz CT molecular complexity index is 309. The lowest BCUT2D eigenvalue weighted by Crippen LogP contribution is -2.45. The van der Waals surface area contributed by atoms with Crippen molar-refractivity contribution in [1.82, 2.24) is 10.6 Å². The Kier molecular flexibility index (Phi) is 7.59. The van der Waals surface area contributed by atoms with E-state index in [0.717, 1.165) is 0 Å². The van der Waals surface area contributed by atoms with Gasteiger partial charge in [-0.25, -0.2) is 0 Å². The molecule has 9 nitrogen and oxygen atoms in total. The van der Waals surface area contributed by atoms with E-state index in [9.17, 15) is 14.4 Å². The molecule has 0 rings (SSSR count). The van der Waals surface area contributed by atoms with Crippen molar-refractivity contribution in [3.63, 3.8) is 0 Å². The molecule has 0 aromatic heterocycles. The van der Waals surface area contributed by atoms with Gasteiger partial charge in [0.05, 0.1) is 6.42 Å². The van der Waals surface area contributed by atoms with Crippen LogP contribution in [0.3, 0.4) is 0 Å². The van der Waals surface area contributed by atoms with Gasteiger partial charge in [-0.2, -0.15) is 0 Å². The molecule has 0 aromatic carbocycles. The maximum Gasteiger partial charge on any atom is 0.321 e. The minimum Gasteiger partial charge on any atom is -0.481 e. The summed E-state index contributed by atoms with van der Waals surface area (Å²) in [5.41, 5.74) is 5.22. The Morgan fingerprint density at radius 3 is 2.11 bits per heavy atom. The van der Waals surface area contributed by atoms with E-state index in [1.165, 1.54) is 0 Å². The van der Waals surface area contributed by atoms with E-state index in [-0.39, 0.29) is 19.6 Å². The molecule has 0 aliphatic rings. The van der Waals surface area contributed by atoms with Crippen LogP contribution in [-0.4, -0.2) is 64.9 Å². The summed E-state index contributed by atoms with van der Waals surface area (Å²) < 4.78 is 0. The van der Waals surface area contributed by atoms with Crippen LogP contribution in [0.4, 0.5) is 0 Å². The highest BCUT2D eigenvalue weighted by Crippen LogP contribution is 1.91. The van der Waals surface area contributed by atoms with Crippen LogP contribution in [0.1, 0.15) is 6.42 Å². The van der Waals surface area contributed by atoms with Crippen molar-refractivity contribution in [2.75, 3.05) is 19.6 Å². The summed E-state index contributed by atoms with van der Waals surface area (Å²) in [7, 11) is 0. The van der Waals surface area contributed by atoms with Crippen molar-refractivity contribution in [2.24, 2.45) is 5.73 Å². The molecule has 0 aromatic rings. The maximum absolute atomic E-state index is 10.7. The third-order valence-corrected chi connectivity index (χ3v) is 2.05. The standard InChI is InChI=1S/C9H17N3O6/c10-5(8(15)16)4-11-1-2-12-6(9(17)18)3-7(13)14/h5-6,11-12H,1-4,10H2,(H,13,14)(H,15,16)(H,17,18)/t5?,6-/m0/s1. The molecule has 0 radical (unpaired) electrons. The summed E-state index contributed by atoms with van der Waals surface area (Å²) in [5, 5.41) is 30.9. The van der Waals surface area contributed by atoms with Gasteiger partial charge in [0, 0.05) is 19.6 Å². The van der Waals surface area contributed by atoms with E-state index in [1.807, 2.05) is 0 Å². The monoisotopic (exact) mass is 263 g/mol. The molecule has 18 heavy (non-hydrogen) atoms. The predicted octanol–water partition coefficient (Wildman–Crippen LogP) is -2.49. The molecule has 0 amide bonds. The Morgan fingerprint density at radius 2 is 1.67 bits per heavy atom. The highest BCUT2D eigenvalue weighted by molar-refractivity contribution is 5.80. The number of carboxylic acid groups (broad SMARTS) is 3. The fourth-order valence-corrected chi connectivity index (χ4v) is 1.10. The van der Waals surface area contributed by atoms with E-state index >= 15 is 0 Å². The van der Waals surface area contributed by atoms with E-state index in [4.69, 9.17) is 21.1 Å². The number of aliphatic carboxylic acids is 3. The zero-order chi connectivity index (χ0) is 14.1. The third-order valence-electron chi connectivity index (χ3n) is 2.05. The van der Waals surface area contributed by atoms with Gasteiger partial charge in [-0.15, -0.1) is 0 Å². The van der Waals surface area contributed by atoms with Gasteiger partial charge in [0.25, 0.3) is 0 Å². The van der Waals surface area contributed by atoms with Gasteiger partial charge in [0.2, 0.25) is 0 Å². The zero-order valence-corrected chi connectivity index (χ0v) is 9.63. The van der Waals surface area contributed by atoms with E-state index in [2.05, 4.69) is 10.6 Å². The second-order valence-corrected chi connectivity index (χ2v) is 3.59. The predicted molar refractivity (Wildman–Crippen MR) is 60.2 cm³/mol. The lowest BCUT2D eigenvalue weighted by atomic mass is 10.2. The van der Waals surface area contributed by atoms with Crippen LogP contribution >= 0.6 is 0 Å². The van der Waals surface area contributed by atoms with E-state index in [1.54, 1.807) is 0 Å². The van der Waals surface area contributed by atoms with E-state index < -0.39 is 36.4 Å². The first-order valence-electron chi connectivity index (χ1n) is 5.21. The van der Waals surface area contributed by atoms with Crippen LogP contribution in [0.2, 0.25) is 0 Å². The normalized spacial score (nSPS) is 13.8. The number of nitrogens with one attached hydrogen (secondary N) is 2. The SMILES string of the molecule is NC(CNCCN[C@@H](CC(=O)O)C(=O)O)C(=O)O. The van der Waals surface area contributed by atoms with Gasteiger partial charge in [0.15, 0.2) is 0 Å². The van der Waals surface area contributed by atoms with Crippen molar-refractivity contribution >= 4 is 17.9 Å². The van der Waals surface area contributed by atoms with Gasteiger partial charge in [-0.1, -0.05) is 0 Å². The van der Waals surface area contributed by atoms with Crippen LogP contribution in [-0.2, 0) is 14.4 Å². The second-order valence-electron chi connectivity index (χ2n) is 3.59. The molecule has 104 valence electrons. The lowest BCUT2D eigenvalue weighted by Gasteiger charge is -2.13. The topological polar surface area (TPSA) is 162 Å². The number of hydrogen-bond acceptors (Lipinski definition) is 6. The Hall–Kier alpha value is -1.71. The molecule has 0 saturated heterocycles. The minimum absolute atomic E-state index is 0.0493. The first-order chi connectivity index (χ1) is 8.34. The van der Waals surface area contributed by atoms with Crippen LogP contribution in [0.5, 0.6) is 0 Å². The average Bonchev–Trinajstić information content (AvgIpc) is 2.25. The first-order valence-corrected chi connectivity index (χ1v) is 5.21. The second kappa shape index (κ2) is 8.39. The van der Waals surface area contributed by atoms with Crippen LogP contribution in [0.15, 0.2) is 0 Å². The molecule has 0 aliphatic heterocycles. The molecular formula is C9H17N3O6. The molecule has 2 atom stereocenters. The Labute approximate surface area is 103 Å². The number of rotatable bonds is 10. The van der Waals surface area contributed by atoms with Gasteiger partial charge >= 0.3 is 17.9 Å². The molecular weight excluding hydrogens is 246 g/mol. The van der Waals surface area contributed by atoms with Crippen molar-refractivity contribution in [1.29, 1.82) is 0 Å². The zero-order valence-electron chi connectivity index (χ0n) is 9.63. The fourth-order valence-electron chi connectivity index (χ4n) is 1.10. The summed E-state index contributed by atoms with van der Waals surface area (Å²) in [6.45, 7) is 0.522. The van der Waals surface area contributed by atoms with E-state index in [0.29, 0.717) is 0 Å². The maximum atomic E-state index is 10.7. The Morgan fingerprint density at radius 1 is 1.06 bits per heavy atom. The number of carbonyl (C=O) groups is 3. The largest absolute Gasteiger partial charge is 0.481 e. The van der Waals surface area contributed by atoms with Crippen LogP contribution in [0, 0.1) is 0 Å².